The quantitative estimate of drug-likeness (QED) is 0.418. The molecular formula is C8H15O9S-. The van der Waals surface area contributed by atoms with E-state index < -0.39 is 47.7 Å². The molecular weight excluding hydrogens is 272 g/mol. The summed E-state index contributed by atoms with van der Waals surface area (Å²) in [5.41, 5.74) is 0. The number of methoxy groups -OCH3 is 2. The van der Waals surface area contributed by atoms with Crippen LogP contribution in [0.5, 0.6) is 0 Å². The summed E-state index contributed by atoms with van der Waals surface area (Å²) in [5, 5.41) is 19.4. The first-order valence-electron chi connectivity index (χ1n) is 4.97. The van der Waals surface area contributed by atoms with E-state index in [2.05, 4.69) is 4.18 Å². The Kier molecular flexibility index (Phi) is 5.43. The van der Waals surface area contributed by atoms with Crippen LogP contribution in [0.15, 0.2) is 0 Å². The Morgan fingerprint density at radius 1 is 1.22 bits per heavy atom. The van der Waals surface area contributed by atoms with E-state index >= 15 is 0 Å². The fourth-order valence-electron chi connectivity index (χ4n) is 1.72. The second-order valence-electron chi connectivity index (χ2n) is 3.65. The number of ether oxygens (including phenoxy) is 3. The highest BCUT2D eigenvalue weighted by molar-refractivity contribution is 7.80. The van der Waals surface area contributed by atoms with Crippen LogP contribution in [0.25, 0.3) is 0 Å². The number of aliphatic hydroxyl groups is 2. The summed E-state index contributed by atoms with van der Waals surface area (Å²) in [7, 11) is -2.34. The lowest BCUT2D eigenvalue weighted by Crippen LogP contribution is -2.60. The Morgan fingerprint density at radius 3 is 2.22 bits per heavy atom. The monoisotopic (exact) mass is 287 g/mol. The van der Waals surface area contributed by atoms with Crippen LogP contribution in [0, 0.1) is 0 Å². The van der Waals surface area contributed by atoms with Crippen LogP contribution in [0.2, 0.25) is 0 Å². The van der Waals surface area contributed by atoms with Crippen LogP contribution in [0.3, 0.4) is 0 Å². The molecule has 0 bridgehead atoms. The SMILES string of the molecule is CO[C@@H]1[C@@H](OC)[C@H](O)[C@@H](COS(=O)(=O)[O-])O[C@@H]1O. The fraction of sp³-hybridized carbons (Fsp3) is 1.00. The molecule has 0 unspecified atom stereocenters. The lowest BCUT2D eigenvalue weighted by molar-refractivity contribution is -0.294. The number of hydrogen-bond acceptors (Lipinski definition) is 9. The third-order valence-corrected chi connectivity index (χ3v) is 2.98. The van der Waals surface area contributed by atoms with Crippen molar-refractivity contribution in [3.63, 3.8) is 0 Å². The standard InChI is InChI=1S/C8H16O9S/c1-14-6-5(9)4(3-16-18(11,12)13)17-8(10)7(6)15-2/h4-10H,3H2,1-2H3,(H,11,12,13)/p-1/t4-,5-,6+,7-,8+/m1/s1. The molecule has 9 nitrogen and oxygen atoms in total. The summed E-state index contributed by atoms with van der Waals surface area (Å²) in [6, 6.07) is 0. The van der Waals surface area contributed by atoms with Crippen molar-refractivity contribution in [2.45, 2.75) is 30.7 Å². The molecule has 1 aliphatic rings. The predicted molar refractivity (Wildman–Crippen MR) is 54.1 cm³/mol. The largest absolute Gasteiger partial charge is 0.726 e. The maximum atomic E-state index is 10.3. The van der Waals surface area contributed by atoms with Crippen molar-refractivity contribution in [3.8, 4) is 0 Å². The van der Waals surface area contributed by atoms with Crippen LogP contribution in [-0.2, 0) is 28.8 Å². The first-order chi connectivity index (χ1) is 8.30. The van der Waals surface area contributed by atoms with Crippen molar-refractivity contribution in [3.05, 3.63) is 0 Å². The highest BCUT2D eigenvalue weighted by Gasteiger charge is 2.45. The molecule has 0 amide bonds. The normalized spacial score (nSPS) is 37.7. The van der Waals surface area contributed by atoms with E-state index in [0.717, 1.165) is 0 Å². The molecule has 1 heterocycles. The zero-order valence-corrected chi connectivity index (χ0v) is 10.6. The number of rotatable bonds is 5. The van der Waals surface area contributed by atoms with Crippen molar-refractivity contribution in [1.29, 1.82) is 0 Å². The van der Waals surface area contributed by atoms with E-state index in [4.69, 9.17) is 14.2 Å². The van der Waals surface area contributed by atoms with Gasteiger partial charge < -0.3 is 29.0 Å². The van der Waals surface area contributed by atoms with Gasteiger partial charge in [0.05, 0.1) is 6.61 Å². The highest BCUT2D eigenvalue weighted by atomic mass is 32.3. The van der Waals surface area contributed by atoms with E-state index in [1.807, 2.05) is 0 Å². The maximum Gasteiger partial charge on any atom is 0.217 e. The number of hydrogen-bond donors (Lipinski definition) is 2. The first kappa shape index (κ1) is 15.7. The summed E-state index contributed by atoms with van der Waals surface area (Å²) in [5.74, 6) is 0. The van der Waals surface area contributed by atoms with E-state index in [-0.39, 0.29) is 0 Å². The van der Waals surface area contributed by atoms with Crippen LogP contribution in [0.1, 0.15) is 0 Å². The molecule has 0 radical (unpaired) electrons. The van der Waals surface area contributed by atoms with Crippen molar-refractivity contribution in [2.75, 3.05) is 20.8 Å². The van der Waals surface area contributed by atoms with Crippen molar-refractivity contribution in [1.82, 2.24) is 0 Å². The van der Waals surface area contributed by atoms with E-state index in [1.165, 1.54) is 14.2 Å². The lowest BCUT2D eigenvalue weighted by atomic mass is 9.99. The van der Waals surface area contributed by atoms with E-state index in [1.54, 1.807) is 0 Å². The Bertz CT molecular complexity index is 356. The molecule has 2 N–H and O–H groups in total. The topological polar surface area (TPSA) is 135 Å². The predicted octanol–water partition coefficient (Wildman–Crippen LogP) is -2.43. The van der Waals surface area contributed by atoms with E-state index in [0.29, 0.717) is 0 Å². The van der Waals surface area contributed by atoms with Gasteiger partial charge in [-0.3, -0.25) is 4.18 Å². The van der Waals surface area contributed by atoms with Crippen LogP contribution in [0.4, 0.5) is 0 Å². The third-order valence-electron chi connectivity index (χ3n) is 2.56. The molecule has 0 saturated carbocycles. The fourth-order valence-corrected chi connectivity index (χ4v) is 2.02. The van der Waals surface area contributed by atoms with Gasteiger partial charge in [0, 0.05) is 14.2 Å². The van der Waals surface area contributed by atoms with Gasteiger partial charge in [-0.05, 0) is 0 Å². The summed E-state index contributed by atoms with van der Waals surface area (Å²) in [6.07, 6.45) is -5.86. The first-order valence-corrected chi connectivity index (χ1v) is 6.31. The molecule has 18 heavy (non-hydrogen) atoms. The minimum atomic E-state index is -4.90. The van der Waals surface area contributed by atoms with Gasteiger partial charge in [0.25, 0.3) is 0 Å². The smallest absolute Gasteiger partial charge is 0.217 e. The van der Waals surface area contributed by atoms with Gasteiger partial charge in [-0.15, -0.1) is 0 Å². The zero-order valence-electron chi connectivity index (χ0n) is 9.75. The Labute approximate surface area is 104 Å². The van der Waals surface area contributed by atoms with E-state index in [9.17, 15) is 23.2 Å². The van der Waals surface area contributed by atoms with Gasteiger partial charge in [0.1, 0.15) is 24.4 Å². The minimum absolute atomic E-state index is 0.722. The summed E-state index contributed by atoms with van der Waals surface area (Å²) >= 11 is 0. The van der Waals surface area contributed by atoms with Crippen molar-refractivity contribution in [2.24, 2.45) is 0 Å². The molecule has 0 aromatic carbocycles. The van der Waals surface area contributed by atoms with Gasteiger partial charge in [0.15, 0.2) is 6.29 Å². The second kappa shape index (κ2) is 6.21. The zero-order chi connectivity index (χ0) is 13.9. The molecule has 1 saturated heterocycles. The highest BCUT2D eigenvalue weighted by Crippen LogP contribution is 2.24. The average Bonchev–Trinajstić information content (AvgIpc) is 2.28. The summed E-state index contributed by atoms with van der Waals surface area (Å²) in [6.45, 7) is -0.722. The summed E-state index contributed by atoms with van der Waals surface area (Å²) in [4.78, 5) is 0. The van der Waals surface area contributed by atoms with Gasteiger partial charge in [0.2, 0.25) is 10.4 Å². The third kappa shape index (κ3) is 3.83. The summed E-state index contributed by atoms with van der Waals surface area (Å²) < 4.78 is 49.6. The molecule has 0 aliphatic carbocycles. The molecule has 0 aromatic rings. The molecule has 0 aromatic heterocycles. The molecule has 1 rings (SSSR count). The average molecular weight is 287 g/mol. The molecule has 5 atom stereocenters. The molecule has 1 fully saturated rings. The van der Waals surface area contributed by atoms with Crippen LogP contribution >= 0.6 is 0 Å². The van der Waals surface area contributed by atoms with Crippen LogP contribution in [-0.4, -0.2) is 74.7 Å². The number of aliphatic hydroxyl groups excluding tert-OH is 2. The minimum Gasteiger partial charge on any atom is -0.726 e. The Balaban J connectivity index is 2.71. The molecule has 108 valence electrons. The van der Waals surface area contributed by atoms with Gasteiger partial charge >= 0.3 is 0 Å². The Hall–Kier alpha value is -0.330. The van der Waals surface area contributed by atoms with Crippen molar-refractivity contribution < 1.29 is 41.6 Å². The molecule has 10 heteroatoms. The lowest BCUT2D eigenvalue weighted by Gasteiger charge is -2.41. The molecule has 0 spiro atoms. The van der Waals surface area contributed by atoms with Crippen LogP contribution < -0.4 is 0 Å². The second-order valence-corrected chi connectivity index (χ2v) is 4.70. The molecule has 1 aliphatic heterocycles. The maximum absolute atomic E-state index is 10.3. The Morgan fingerprint density at radius 2 is 1.78 bits per heavy atom. The van der Waals surface area contributed by atoms with Gasteiger partial charge in [-0.1, -0.05) is 0 Å². The van der Waals surface area contributed by atoms with Crippen molar-refractivity contribution >= 4 is 10.4 Å². The van der Waals surface area contributed by atoms with Gasteiger partial charge in [-0.2, -0.15) is 0 Å². The van der Waals surface area contributed by atoms with Gasteiger partial charge in [-0.25, -0.2) is 8.42 Å².